The van der Waals surface area contributed by atoms with Crippen molar-refractivity contribution in [3.05, 3.63) is 65.6 Å². The van der Waals surface area contributed by atoms with E-state index in [2.05, 4.69) is 59.0 Å². The summed E-state index contributed by atoms with van der Waals surface area (Å²) in [5.41, 5.74) is 5.80. The second-order valence-corrected chi connectivity index (χ2v) is 4.98. The van der Waals surface area contributed by atoms with Crippen molar-refractivity contribution in [1.82, 2.24) is 9.38 Å². The maximum atomic E-state index is 4.58. The van der Waals surface area contributed by atoms with E-state index in [9.17, 15) is 0 Å². The molecule has 20 heavy (non-hydrogen) atoms. The van der Waals surface area contributed by atoms with Crippen molar-refractivity contribution >= 4 is 11.3 Å². The largest absolute Gasteiger partial charge is 0.379 e. The summed E-state index contributed by atoms with van der Waals surface area (Å²) in [4.78, 5) is 4.58. The number of nitrogens with zero attached hydrogens (tertiary/aromatic N) is 2. The number of imidazole rings is 1. The van der Waals surface area contributed by atoms with Crippen molar-refractivity contribution in [1.29, 1.82) is 0 Å². The van der Waals surface area contributed by atoms with Crippen molar-refractivity contribution in [2.75, 3.05) is 5.32 Å². The van der Waals surface area contributed by atoms with Gasteiger partial charge in [-0.1, -0.05) is 25.1 Å². The molecule has 0 spiro atoms. The minimum Gasteiger partial charge on any atom is -0.379 e. The van der Waals surface area contributed by atoms with Gasteiger partial charge in [0.1, 0.15) is 5.65 Å². The highest BCUT2D eigenvalue weighted by Gasteiger charge is 2.07. The molecule has 0 unspecified atom stereocenters. The lowest BCUT2D eigenvalue weighted by Crippen LogP contribution is -2.04. The molecule has 0 radical (unpaired) electrons. The Morgan fingerprint density at radius 3 is 2.65 bits per heavy atom. The lowest BCUT2D eigenvalue weighted by atomic mass is 10.1. The van der Waals surface area contributed by atoms with Crippen molar-refractivity contribution in [3.8, 4) is 0 Å². The Balaban J connectivity index is 1.80. The second kappa shape index (κ2) is 5.37. The lowest BCUT2D eigenvalue weighted by Gasteiger charge is -2.08. The highest BCUT2D eigenvalue weighted by molar-refractivity contribution is 5.47. The van der Waals surface area contributed by atoms with Crippen LogP contribution in [0, 0.1) is 6.92 Å². The highest BCUT2D eigenvalue weighted by atomic mass is 15.0. The SMILES string of the molecule is CCc1ccc(NCc2c(C)nc3ccccn23)cc1. The van der Waals surface area contributed by atoms with Gasteiger partial charge in [-0.15, -0.1) is 0 Å². The highest BCUT2D eigenvalue weighted by Crippen LogP contribution is 2.15. The van der Waals surface area contributed by atoms with E-state index in [0.717, 1.165) is 30.0 Å². The minimum absolute atomic E-state index is 0.780. The summed E-state index contributed by atoms with van der Waals surface area (Å²) in [6, 6.07) is 14.7. The molecule has 3 aromatic rings. The first-order chi connectivity index (χ1) is 9.78. The summed E-state index contributed by atoms with van der Waals surface area (Å²) in [5, 5.41) is 3.47. The summed E-state index contributed by atoms with van der Waals surface area (Å²) in [6.45, 7) is 5.01. The number of fused-ring (bicyclic) bond motifs is 1. The van der Waals surface area contributed by atoms with Crippen LogP contribution in [0.5, 0.6) is 0 Å². The molecule has 0 bridgehead atoms. The van der Waals surface area contributed by atoms with Gasteiger partial charge >= 0.3 is 0 Å². The molecule has 0 aliphatic carbocycles. The molecule has 0 saturated carbocycles. The maximum absolute atomic E-state index is 4.58. The summed E-state index contributed by atoms with van der Waals surface area (Å²) in [7, 11) is 0. The van der Waals surface area contributed by atoms with Crippen LogP contribution in [0.25, 0.3) is 5.65 Å². The average Bonchev–Trinajstić information content (AvgIpc) is 2.81. The Morgan fingerprint density at radius 1 is 1.10 bits per heavy atom. The van der Waals surface area contributed by atoms with Crippen LogP contribution in [0.15, 0.2) is 48.7 Å². The van der Waals surface area contributed by atoms with Gasteiger partial charge in [-0.25, -0.2) is 4.98 Å². The number of anilines is 1. The van der Waals surface area contributed by atoms with Gasteiger partial charge < -0.3 is 9.72 Å². The maximum Gasteiger partial charge on any atom is 0.137 e. The molecule has 0 aliphatic heterocycles. The van der Waals surface area contributed by atoms with Crippen LogP contribution in [0.1, 0.15) is 23.9 Å². The van der Waals surface area contributed by atoms with E-state index in [1.807, 2.05) is 18.2 Å². The summed E-state index contributed by atoms with van der Waals surface area (Å²) < 4.78 is 2.14. The summed E-state index contributed by atoms with van der Waals surface area (Å²) in [5.74, 6) is 0. The first-order valence-electron chi connectivity index (χ1n) is 7.03. The zero-order valence-electron chi connectivity index (χ0n) is 11.9. The number of hydrogen-bond donors (Lipinski definition) is 1. The van der Waals surface area contributed by atoms with Gasteiger partial charge in [0.2, 0.25) is 0 Å². The van der Waals surface area contributed by atoms with Crippen LogP contribution >= 0.6 is 0 Å². The van der Waals surface area contributed by atoms with Crippen LogP contribution < -0.4 is 5.32 Å². The number of pyridine rings is 1. The number of hydrogen-bond acceptors (Lipinski definition) is 2. The number of rotatable bonds is 4. The summed E-state index contributed by atoms with van der Waals surface area (Å²) in [6.07, 6.45) is 3.14. The van der Waals surface area contributed by atoms with E-state index < -0.39 is 0 Å². The van der Waals surface area contributed by atoms with Gasteiger partial charge in [-0.3, -0.25) is 0 Å². The van der Waals surface area contributed by atoms with Gasteiger partial charge in [0.05, 0.1) is 17.9 Å². The summed E-state index contributed by atoms with van der Waals surface area (Å²) >= 11 is 0. The van der Waals surface area contributed by atoms with Gasteiger partial charge in [-0.05, 0) is 43.2 Å². The third-order valence-corrected chi connectivity index (χ3v) is 3.65. The van der Waals surface area contributed by atoms with E-state index >= 15 is 0 Å². The molecular formula is C17H19N3. The van der Waals surface area contributed by atoms with Crippen LogP contribution in [0.4, 0.5) is 5.69 Å². The Hall–Kier alpha value is -2.29. The molecule has 0 aliphatic rings. The van der Waals surface area contributed by atoms with Crippen LogP contribution in [-0.2, 0) is 13.0 Å². The second-order valence-electron chi connectivity index (χ2n) is 4.98. The Bertz CT molecular complexity index is 711. The molecule has 3 nitrogen and oxygen atoms in total. The molecular weight excluding hydrogens is 246 g/mol. The number of benzene rings is 1. The third kappa shape index (κ3) is 2.39. The van der Waals surface area contributed by atoms with Gasteiger partial charge in [-0.2, -0.15) is 0 Å². The molecule has 2 heterocycles. The number of nitrogens with one attached hydrogen (secondary N) is 1. The van der Waals surface area contributed by atoms with Gasteiger partial charge in [0.15, 0.2) is 0 Å². The monoisotopic (exact) mass is 265 g/mol. The zero-order chi connectivity index (χ0) is 13.9. The van der Waals surface area contributed by atoms with E-state index in [-0.39, 0.29) is 0 Å². The predicted octanol–water partition coefficient (Wildman–Crippen LogP) is 3.82. The molecule has 102 valence electrons. The molecule has 3 heteroatoms. The van der Waals surface area contributed by atoms with Crippen molar-refractivity contribution in [2.45, 2.75) is 26.8 Å². The minimum atomic E-state index is 0.780. The molecule has 0 amide bonds. The smallest absolute Gasteiger partial charge is 0.137 e. The van der Waals surface area contributed by atoms with E-state index in [1.165, 1.54) is 11.3 Å². The normalized spacial score (nSPS) is 10.9. The fourth-order valence-corrected chi connectivity index (χ4v) is 2.42. The molecule has 1 N–H and O–H groups in total. The van der Waals surface area contributed by atoms with Crippen molar-refractivity contribution in [2.24, 2.45) is 0 Å². The van der Waals surface area contributed by atoms with Crippen molar-refractivity contribution < 1.29 is 0 Å². The molecule has 1 aromatic carbocycles. The van der Waals surface area contributed by atoms with Crippen LogP contribution in [0.2, 0.25) is 0 Å². The van der Waals surface area contributed by atoms with E-state index in [1.54, 1.807) is 0 Å². The van der Waals surface area contributed by atoms with Crippen molar-refractivity contribution in [3.63, 3.8) is 0 Å². The topological polar surface area (TPSA) is 29.3 Å². The number of aryl methyl sites for hydroxylation is 2. The third-order valence-electron chi connectivity index (χ3n) is 3.65. The molecule has 0 atom stereocenters. The number of aromatic nitrogens is 2. The fraction of sp³-hybridized carbons (Fsp3) is 0.235. The Labute approximate surface area is 119 Å². The first-order valence-corrected chi connectivity index (χ1v) is 7.03. The lowest BCUT2D eigenvalue weighted by molar-refractivity contribution is 0.986. The fourth-order valence-electron chi connectivity index (χ4n) is 2.42. The van der Waals surface area contributed by atoms with Crippen LogP contribution in [0.3, 0.4) is 0 Å². The quantitative estimate of drug-likeness (QED) is 0.777. The predicted molar refractivity (Wildman–Crippen MR) is 83.1 cm³/mol. The Kier molecular flexibility index (Phi) is 3.42. The molecule has 2 aromatic heterocycles. The average molecular weight is 265 g/mol. The van der Waals surface area contributed by atoms with Gasteiger partial charge in [0.25, 0.3) is 0 Å². The molecule has 0 saturated heterocycles. The first kappa shape index (κ1) is 12.7. The zero-order valence-corrected chi connectivity index (χ0v) is 11.9. The van der Waals surface area contributed by atoms with E-state index in [4.69, 9.17) is 0 Å². The Morgan fingerprint density at radius 2 is 1.90 bits per heavy atom. The van der Waals surface area contributed by atoms with Gasteiger partial charge in [0, 0.05) is 11.9 Å². The molecule has 3 rings (SSSR count). The van der Waals surface area contributed by atoms with E-state index in [0.29, 0.717) is 0 Å². The standard InChI is InChI=1S/C17H19N3/c1-3-14-7-9-15(10-8-14)18-12-16-13(2)19-17-6-4-5-11-20(16)17/h4-11,18H,3,12H2,1-2H3. The van der Waals surface area contributed by atoms with Crippen LogP contribution in [-0.4, -0.2) is 9.38 Å². The molecule has 0 fully saturated rings.